The van der Waals surface area contributed by atoms with E-state index in [9.17, 15) is 0 Å². The maximum atomic E-state index is 5.86. The molecular formula is C18H26N2. The minimum absolute atomic E-state index is 0.207. The van der Waals surface area contributed by atoms with Crippen molar-refractivity contribution >= 4 is 0 Å². The molecule has 0 aliphatic heterocycles. The fourth-order valence-electron chi connectivity index (χ4n) is 1.74. The molecule has 0 atom stereocenters. The summed E-state index contributed by atoms with van der Waals surface area (Å²) in [5.41, 5.74) is 13.7. The van der Waals surface area contributed by atoms with Crippen LogP contribution in [0.2, 0.25) is 0 Å². The van der Waals surface area contributed by atoms with Crippen LogP contribution in [0.4, 0.5) is 0 Å². The predicted molar refractivity (Wildman–Crippen MR) is 87.3 cm³/mol. The van der Waals surface area contributed by atoms with Gasteiger partial charge >= 0.3 is 0 Å². The van der Waals surface area contributed by atoms with Gasteiger partial charge < -0.3 is 11.5 Å². The molecule has 0 radical (unpaired) electrons. The van der Waals surface area contributed by atoms with E-state index >= 15 is 0 Å². The van der Waals surface area contributed by atoms with Crippen LogP contribution in [-0.2, 0) is 11.1 Å². The lowest BCUT2D eigenvalue weighted by molar-refractivity contribution is 0.554. The second-order valence-electron chi connectivity index (χ2n) is 6.18. The molecule has 0 fully saturated rings. The Labute approximate surface area is 122 Å². The second kappa shape index (κ2) is 6.69. The van der Waals surface area contributed by atoms with Crippen LogP contribution < -0.4 is 11.5 Å². The van der Waals surface area contributed by atoms with Gasteiger partial charge in [-0.05, 0) is 38.8 Å². The maximum Gasteiger partial charge on any atom is 0.0352 e. The van der Waals surface area contributed by atoms with E-state index in [1.54, 1.807) is 0 Å². The van der Waals surface area contributed by atoms with Gasteiger partial charge in [-0.2, -0.15) is 0 Å². The van der Waals surface area contributed by atoms with Crippen LogP contribution in [0, 0.1) is 0 Å². The number of nitrogens with two attached hydrogens (primary N) is 2. The third-order valence-corrected chi connectivity index (χ3v) is 3.04. The van der Waals surface area contributed by atoms with Gasteiger partial charge in [-0.25, -0.2) is 0 Å². The Bertz CT molecular complexity index is 441. The molecule has 108 valence electrons. The van der Waals surface area contributed by atoms with Gasteiger partial charge in [0.1, 0.15) is 0 Å². The Balaban J connectivity index is 0.000000200. The molecule has 0 unspecified atom stereocenters. The summed E-state index contributed by atoms with van der Waals surface area (Å²) in [4.78, 5) is 0. The zero-order chi connectivity index (χ0) is 15.2. The Morgan fingerprint density at radius 1 is 0.550 bits per heavy atom. The standard InChI is InChI=1S/2C9H13N/c2*1-9(2,10)8-6-4-3-5-7-8/h2*3-7H,10H2,1-2H3. The smallest absolute Gasteiger partial charge is 0.0352 e. The van der Waals surface area contributed by atoms with Gasteiger partial charge in [0.15, 0.2) is 0 Å². The largest absolute Gasteiger partial charge is 0.322 e. The van der Waals surface area contributed by atoms with Gasteiger partial charge in [0, 0.05) is 11.1 Å². The zero-order valence-electron chi connectivity index (χ0n) is 12.9. The molecule has 4 N–H and O–H groups in total. The number of hydrogen-bond donors (Lipinski definition) is 2. The van der Waals surface area contributed by atoms with E-state index in [1.165, 1.54) is 11.1 Å². The summed E-state index contributed by atoms with van der Waals surface area (Å²) in [5, 5.41) is 0. The van der Waals surface area contributed by atoms with E-state index in [2.05, 4.69) is 0 Å². The molecule has 2 aromatic carbocycles. The van der Waals surface area contributed by atoms with Gasteiger partial charge in [0.05, 0.1) is 0 Å². The average Bonchev–Trinajstić information content (AvgIpc) is 2.40. The molecule has 0 aliphatic carbocycles. The van der Waals surface area contributed by atoms with Crippen LogP contribution in [0.1, 0.15) is 38.8 Å². The van der Waals surface area contributed by atoms with Gasteiger partial charge in [-0.15, -0.1) is 0 Å². The number of benzene rings is 2. The summed E-state index contributed by atoms with van der Waals surface area (Å²) >= 11 is 0. The van der Waals surface area contributed by atoms with Crippen molar-refractivity contribution in [2.75, 3.05) is 0 Å². The third kappa shape index (κ3) is 5.55. The van der Waals surface area contributed by atoms with Crippen molar-refractivity contribution in [3.8, 4) is 0 Å². The van der Waals surface area contributed by atoms with Crippen LogP contribution in [-0.4, -0.2) is 0 Å². The maximum absolute atomic E-state index is 5.86. The fraction of sp³-hybridized carbons (Fsp3) is 0.333. The molecular weight excluding hydrogens is 244 g/mol. The highest BCUT2D eigenvalue weighted by atomic mass is 14.7. The second-order valence-corrected chi connectivity index (χ2v) is 6.18. The fourth-order valence-corrected chi connectivity index (χ4v) is 1.74. The summed E-state index contributed by atoms with van der Waals surface area (Å²) in [5.74, 6) is 0. The Hall–Kier alpha value is -1.64. The van der Waals surface area contributed by atoms with Crippen molar-refractivity contribution in [3.05, 3.63) is 71.8 Å². The molecule has 2 heteroatoms. The summed E-state index contributed by atoms with van der Waals surface area (Å²) in [6, 6.07) is 20.2. The lowest BCUT2D eigenvalue weighted by atomic mass is 9.96. The quantitative estimate of drug-likeness (QED) is 0.873. The minimum atomic E-state index is -0.207. The highest BCUT2D eigenvalue weighted by Gasteiger charge is 2.12. The summed E-state index contributed by atoms with van der Waals surface area (Å²) in [7, 11) is 0. The Kier molecular flexibility index (Phi) is 5.49. The summed E-state index contributed by atoms with van der Waals surface area (Å²) in [6.45, 7) is 8.01. The van der Waals surface area contributed by atoms with Crippen molar-refractivity contribution in [2.45, 2.75) is 38.8 Å². The molecule has 2 rings (SSSR count). The predicted octanol–water partition coefficient (Wildman–Crippen LogP) is 3.76. The highest BCUT2D eigenvalue weighted by molar-refractivity contribution is 5.22. The van der Waals surface area contributed by atoms with Crippen molar-refractivity contribution in [1.29, 1.82) is 0 Å². The molecule has 2 nitrogen and oxygen atoms in total. The van der Waals surface area contributed by atoms with Gasteiger partial charge in [-0.1, -0.05) is 60.7 Å². The van der Waals surface area contributed by atoms with Gasteiger partial charge in [-0.3, -0.25) is 0 Å². The Morgan fingerprint density at radius 2 is 0.800 bits per heavy atom. The van der Waals surface area contributed by atoms with Crippen LogP contribution in [0.15, 0.2) is 60.7 Å². The molecule has 20 heavy (non-hydrogen) atoms. The number of hydrogen-bond acceptors (Lipinski definition) is 2. The van der Waals surface area contributed by atoms with Crippen LogP contribution in [0.3, 0.4) is 0 Å². The van der Waals surface area contributed by atoms with Crippen molar-refractivity contribution in [2.24, 2.45) is 11.5 Å². The molecule has 0 spiro atoms. The molecule has 0 heterocycles. The van der Waals surface area contributed by atoms with E-state index in [4.69, 9.17) is 11.5 Å². The first-order valence-corrected chi connectivity index (χ1v) is 6.90. The zero-order valence-corrected chi connectivity index (χ0v) is 12.9. The van der Waals surface area contributed by atoms with Gasteiger partial charge in [0.2, 0.25) is 0 Å². The summed E-state index contributed by atoms with van der Waals surface area (Å²) in [6.07, 6.45) is 0. The Morgan fingerprint density at radius 3 is 0.950 bits per heavy atom. The molecule has 0 saturated carbocycles. The van der Waals surface area contributed by atoms with Crippen molar-refractivity contribution in [3.63, 3.8) is 0 Å². The van der Waals surface area contributed by atoms with Crippen molar-refractivity contribution in [1.82, 2.24) is 0 Å². The van der Waals surface area contributed by atoms with E-state index in [0.29, 0.717) is 0 Å². The van der Waals surface area contributed by atoms with Crippen LogP contribution in [0.25, 0.3) is 0 Å². The number of rotatable bonds is 2. The molecule has 2 aromatic rings. The third-order valence-electron chi connectivity index (χ3n) is 3.04. The molecule has 0 saturated heterocycles. The minimum Gasteiger partial charge on any atom is -0.322 e. The van der Waals surface area contributed by atoms with Gasteiger partial charge in [0.25, 0.3) is 0 Å². The monoisotopic (exact) mass is 270 g/mol. The van der Waals surface area contributed by atoms with Crippen molar-refractivity contribution < 1.29 is 0 Å². The topological polar surface area (TPSA) is 52.0 Å². The molecule has 0 aromatic heterocycles. The summed E-state index contributed by atoms with van der Waals surface area (Å²) < 4.78 is 0. The lowest BCUT2D eigenvalue weighted by Gasteiger charge is -2.18. The van der Waals surface area contributed by atoms with E-state index < -0.39 is 0 Å². The first kappa shape index (κ1) is 16.4. The van der Waals surface area contributed by atoms with Crippen LogP contribution >= 0.6 is 0 Å². The molecule has 0 aliphatic rings. The van der Waals surface area contributed by atoms with E-state index in [0.717, 1.165) is 0 Å². The average molecular weight is 270 g/mol. The first-order chi connectivity index (χ1) is 9.21. The SMILES string of the molecule is CC(C)(N)c1ccccc1.CC(C)(N)c1ccccc1. The first-order valence-electron chi connectivity index (χ1n) is 6.90. The van der Waals surface area contributed by atoms with E-state index in [-0.39, 0.29) is 11.1 Å². The van der Waals surface area contributed by atoms with Crippen LogP contribution in [0.5, 0.6) is 0 Å². The van der Waals surface area contributed by atoms with E-state index in [1.807, 2.05) is 88.4 Å². The molecule has 0 amide bonds. The highest BCUT2D eigenvalue weighted by Crippen LogP contribution is 2.15. The molecule has 0 bridgehead atoms. The lowest BCUT2D eigenvalue weighted by Crippen LogP contribution is -2.28. The normalized spacial score (nSPS) is 11.5.